The summed E-state index contributed by atoms with van der Waals surface area (Å²) in [6.07, 6.45) is 0.153. The van der Waals surface area contributed by atoms with E-state index in [1.54, 1.807) is 14.2 Å². The van der Waals surface area contributed by atoms with Crippen LogP contribution in [0.3, 0.4) is 0 Å². The SMILES string of the molecule is COCCC(O)c1ccc(OC)cc1C. The van der Waals surface area contributed by atoms with Crippen molar-refractivity contribution in [2.24, 2.45) is 0 Å². The fraction of sp³-hybridized carbons (Fsp3) is 0.500. The number of aliphatic hydroxyl groups is 1. The zero-order valence-corrected chi connectivity index (χ0v) is 9.49. The van der Waals surface area contributed by atoms with Crippen LogP contribution in [0.5, 0.6) is 5.75 Å². The van der Waals surface area contributed by atoms with E-state index in [0.29, 0.717) is 13.0 Å². The van der Waals surface area contributed by atoms with E-state index in [1.165, 1.54) is 0 Å². The van der Waals surface area contributed by atoms with Crippen LogP contribution in [0.4, 0.5) is 0 Å². The Balaban J connectivity index is 2.76. The van der Waals surface area contributed by atoms with E-state index < -0.39 is 6.10 Å². The fourth-order valence-corrected chi connectivity index (χ4v) is 1.53. The van der Waals surface area contributed by atoms with Gasteiger partial charge in [0.15, 0.2) is 0 Å². The highest BCUT2D eigenvalue weighted by molar-refractivity contribution is 5.35. The minimum absolute atomic E-state index is 0.462. The maximum atomic E-state index is 9.88. The normalized spacial score (nSPS) is 12.5. The van der Waals surface area contributed by atoms with Gasteiger partial charge in [-0.1, -0.05) is 6.07 Å². The number of aliphatic hydroxyl groups excluding tert-OH is 1. The van der Waals surface area contributed by atoms with Gasteiger partial charge >= 0.3 is 0 Å². The lowest BCUT2D eigenvalue weighted by molar-refractivity contribution is 0.110. The smallest absolute Gasteiger partial charge is 0.119 e. The van der Waals surface area contributed by atoms with Crippen molar-refractivity contribution in [1.29, 1.82) is 0 Å². The molecular weight excluding hydrogens is 192 g/mol. The molecule has 0 aliphatic heterocycles. The Kier molecular flexibility index (Phi) is 4.59. The van der Waals surface area contributed by atoms with Crippen molar-refractivity contribution in [3.63, 3.8) is 0 Å². The van der Waals surface area contributed by atoms with Crippen LogP contribution in [0.1, 0.15) is 23.7 Å². The molecule has 15 heavy (non-hydrogen) atoms. The molecule has 0 aliphatic rings. The Morgan fingerprint density at radius 2 is 2.07 bits per heavy atom. The fourth-order valence-electron chi connectivity index (χ4n) is 1.53. The Bertz CT molecular complexity index is 310. The highest BCUT2D eigenvalue weighted by atomic mass is 16.5. The first kappa shape index (κ1) is 12.0. The molecule has 1 aromatic rings. The van der Waals surface area contributed by atoms with Crippen molar-refractivity contribution < 1.29 is 14.6 Å². The number of hydrogen-bond acceptors (Lipinski definition) is 3. The summed E-state index contributed by atoms with van der Waals surface area (Å²) < 4.78 is 10.0. The van der Waals surface area contributed by atoms with Gasteiger partial charge in [-0.3, -0.25) is 0 Å². The molecule has 0 heterocycles. The van der Waals surface area contributed by atoms with Gasteiger partial charge in [0.25, 0.3) is 0 Å². The van der Waals surface area contributed by atoms with E-state index in [1.807, 2.05) is 25.1 Å². The monoisotopic (exact) mass is 210 g/mol. The van der Waals surface area contributed by atoms with Gasteiger partial charge in [0.2, 0.25) is 0 Å². The average molecular weight is 210 g/mol. The van der Waals surface area contributed by atoms with E-state index in [4.69, 9.17) is 9.47 Å². The number of rotatable bonds is 5. The quantitative estimate of drug-likeness (QED) is 0.808. The first-order valence-corrected chi connectivity index (χ1v) is 5.00. The van der Waals surface area contributed by atoms with Crippen LogP contribution >= 0.6 is 0 Å². The molecule has 0 amide bonds. The van der Waals surface area contributed by atoms with Crippen LogP contribution in [0.15, 0.2) is 18.2 Å². The maximum Gasteiger partial charge on any atom is 0.119 e. The molecule has 1 unspecified atom stereocenters. The molecule has 3 nitrogen and oxygen atoms in total. The molecule has 1 rings (SSSR count). The largest absolute Gasteiger partial charge is 0.497 e. The lowest BCUT2D eigenvalue weighted by Crippen LogP contribution is -2.03. The van der Waals surface area contributed by atoms with Crippen LogP contribution in [0.25, 0.3) is 0 Å². The molecule has 0 aliphatic carbocycles. The van der Waals surface area contributed by atoms with E-state index in [2.05, 4.69) is 0 Å². The van der Waals surface area contributed by atoms with Crippen molar-refractivity contribution in [3.8, 4) is 5.75 Å². The Morgan fingerprint density at radius 1 is 1.33 bits per heavy atom. The van der Waals surface area contributed by atoms with Crippen LogP contribution in [-0.2, 0) is 4.74 Å². The topological polar surface area (TPSA) is 38.7 Å². The van der Waals surface area contributed by atoms with Crippen LogP contribution in [0.2, 0.25) is 0 Å². The zero-order chi connectivity index (χ0) is 11.3. The highest BCUT2D eigenvalue weighted by Gasteiger charge is 2.10. The molecular formula is C12H18O3. The van der Waals surface area contributed by atoms with Crippen molar-refractivity contribution in [1.82, 2.24) is 0 Å². The molecule has 0 aromatic heterocycles. The van der Waals surface area contributed by atoms with Gasteiger partial charge in [-0.25, -0.2) is 0 Å². The van der Waals surface area contributed by atoms with E-state index in [-0.39, 0.29) is 0 Å². The second-order valence-electron chi connectivity index (χ2n) is 3.52. The van der Waals surface area contributed by atoms with Gasteiger partial charge < -0.3 is 14.6 Å². The predicted molar refractivity (Wildman–Crippen MR) is 59.2 cm³/mol. The number of ether oxygens (including phenoxy) is 2. The molecule has 0 bridgehead atoms. The average Bonchev–Trinajstić information content (AvgIpc) is 2.25. The van der Waals surface area contributed by atoms with E-state index in [0.717, 1.165) is 16.9 Å². The minimum Gasteiger partial charge on any atom is -0.497 e. The number of benzene rings is 1. The van der Waals surface area contributed by atoms with Gasteiger partial charge in [0, 0.05) is 20.1 Å². The molecule has 0 saturated carbocycles. The predicted octanol–water partition coefficient (Wildman–Crippen LogP) is 2.07. The second kappa shape index (κ2) is 5.73. The Morgan fingerprint density at radius 3 is 2.60 bits per heavy atom. The van der Waals surface area contributed by atoms with Gasteiger partial charge in [-0.15, -0.1) is 0 Å². The minimum atomic E-state index is -0.462. The van der Waals surface area contributed by atoms with Crippen LogP contribution in [-0.4, -0.2) is 25.9 Å². The maximum absolute atomic E-state index is 9.88. The van der Waals surface area contributed by atoms with Crippen LogP contribution in [0, 0.1) is 6.92 Å². The molecule has 0 saturated heterocycles. The first-order valence-electron chi connectivity index (χ1n) is 5.00. The molecule has 0 fully saturated rings. The van der Waals surface area contributed by atoms with Crippen molar-refractivity contribution in [2.75, 3.05) is 20.8 Å². The molecule has 84 valence electrons. The summed E-state index contributed by atoms with van der Waals surface area (Å²) in [6, 6.07) is 5.68. The van der Waals surface area contributed by atoms with Crippen LogP contribution < -0.4 is 4.74 Å². The molecule has 1 N–H and O–H groups in total. The molecule has 0 radical (unpaired) electrons. The van der Waals surface area contributed by atoms with Crippen molar-refractivity contribution in [3.05, 3.63) is 29.3 Å². The first-order chi connectivity index (χ1) is 7.19. The zero-order valence-electron chi connectivity index (χ0n) is 9.49. The third kappa shape index (κ3) is 3.22. The van der Waals surface area contributed by atoms with Gasteiger partial charge in [0.05, 0.1) is 13.2 Å². The molecule has 0 spiro atoms. The summed E-state index contributed by atoms with van der Waals surface area (Å²) in [6.45, 7) is 2.53. The Labute approximate surface area is 90.6 Å². The summed E-state index contributed by atoms with van der Waals surface area (Å²) in [5.74, 6) is 0.815. The third-order valence-corrected chi connectivity index (χ3v) is 2.43. The molecule has 3 heteroatoms. The number of methoxy groups -OCH3 is 2. The summed E-state index contributed by atoms with van der Waals surface area (Å²) in [7, 11) is 3.27. The standard InChI is InChI=1S/C12H18O3/c1-9-8-10(15-3)4-5-11(9)12(13)6-7-14-2/h4-5,8,12-13H,6-7H2,1-3H3. The second-order valence-corrected chi connectivity index (χ2v) is 3.52. The summed E-state index contributed by atoms with van der Waals surface area (Å²) in [5, 5.41) is 9.88. The molecule has 1 atom stereocenters. The lowest BCUT2D eigenvalue weighted by atomic mass is 10.0. The summed E-state index contributed by atoms with van der Waals surface area (Å²) >= 11 is 0. The lowest BCUT2D eigenvalue weighted by Gasteiger charge is -2.14. The molecule has 1 aromatic carbocycles. The van der Waals surface area contributed by atoms with Gasteiger partial charge in [0.1, 0.15) is 5.75 Å². The van der Waals surface area contributed by atoms with Crippen molar-refractivity contribution >= 4 is 0 Å². The van der Waals surface area contributed by atoms with Gasteiger partial charge in [-0.05, 0) is 30.2 Å². The Hall–Kier alpha value is -1.06. The number of hydrogen-bond donors (Lipinski definition) is 1. The highest BCUT2D eigenvalue weighted by Crippen LogP contribution is 2.24. The summed E-state index contributed by atoms with van der Waals surface area (Å²) in [4.78, 5) is 0. The summed E-state index contributed by atoms with van der Waals surface area (Å²) in [5.41, 5.74) is 1.98. The van der Waals surface area contributed by atoms with E-state index in [9.17, 15) is 5.11 Å². The van der Waals surface area contributed by atoms with E-state index >= 15 is 0 Å². The van der Waals surface area contributed by atoms with Crippen molar-refractivity contribution in [2.45, 2.75) is 19.4 Å². The van der Waals surface area contributed by atoms with Gasteiger partial charge in [-0.2, -0.15) is 0 Å². The number of aryl methyl sites for hydroxylation is 1. The third-order valence-electron chi connectivity index (χ3n) is 2.43.